The maximum absolute atomic E-state index is 6.01. The molecular formula is C12H12Cl2N2. The lowest BCUT2D eigenvalue weighted by molar-refractivity contribution is 0.985. The predicted octanol–water partition coefficient (Wildman–Crippen LogP) is 3.88. The number of benzene rings is 1. The summed E-state index contributed by atoms with van der Waals surface area (Å²) < 4.78 is 2.01. The van der Waals surface area contributed by atoms with E-state index < -0.39 is 0 Å². The average molecular weight is 255 g/mol. The lowest BCUT2D eigenvalue weighted by atomic mass is 10.2. The summed E-state index contributed by atoms with van der Waals surface area (Å²) in [5.74, 6) is 0.461. The van der Waals surface area contributed by atoms with E-state index in [0.717, 1.165) is 22.6 Å². The van der Waals surface area contributed by atoms with Crippen LogP contribution in [0.3, 0.4) is 0 Å². The van der Waals surface area contributed by atoms with Gasteiger partial charge in [-0.05, 0) is 31.5 Å². The van der Waals surface area contributed by atoms with Crippen molar-refractivity contribution in [2.24, 2.45) is 0 Å². The van der Waals surface area contributed by atoms with E-state index in [2.05, 4.69) is 4.98 Å². The van der Waals surface area contributed by atoms with Crippen molar-refractivity contribution in [1.29, 1.82) is 0 Å². The second-order valence-electron chi connectivity index (χ2n) is 3.69. The highest BCUT2D eigenvalue weighted by Crippen LogP contribution is 2.23. The first-order chi connectivity index (χ1) is 7.63. The fourth-order valence-corrected chi connectivity index (χ4v) is 2.01. The van der Waals surface area contributed by atoms with Crippen molar-refractivity contribution in [3.05, 3.63) is 46.5 Å². The molecule has 2 aromatic rings. The fourth-order valence-electron chi connectivity index (χ4n) is 1.62. The second kappa shape index (κ2) is 4.48. The maximum Gasteiger partial charge on any atom is 0.0997 e. The fraction of sp³-hybridized carbons (Fsp3) is 0.250. The van der Waals surface area contributed by atoms with Crippen LogP contribution in [0.4, 0.5) is 0 Å². The molecule has 16 heavy (non-hydrogen) atoms. The van der Waals surface area contributed by atoms with Gasteiger partial charge in [0.05, 0.1) is 17.7 Å². The van der Waals surface area contributed by atoms with E-state index in [1.54, 1.807) is 6.33 Å². The lowest BCUT2D eigenvalue weighted by Crippen LogP contribution is -1.99. The highest BCUT2D eigenvalue weighted by Gasteiger charge is 2.09. The number of hydrogen-bond acceptors (Lipinski definition) is 1. The average Bonchev–Trinajstić information content (AvgIpc) is 2.60. The monoisotopic (exact) mass is 254 g/mol. The summed E-state index contributed by atoms with van der Waals surface area (Å²) in [6.45, 7) is 4.01. The van der Waals surface area contributed by atoms with Crippen molar-refractivity contribution in [3.8, 4) is 5.69 Å². The topological polar surface area (TPSA) is 17.8 Å². The van der Waals surface area contributed by atoms with E-state index in [1.807, 2.05) is 36.6 Å². The van der Waals surface area contributed by atoms with Crippen molar-refractivity contribution in [2.75, 3.05) is 0 Å². The van der Waals surface area contributed by atoms with Gasteiger partial charge >= 0.3 is 0 Å². The molecule has 0 aliphatic rings. The van der Waals surface area contributed by atoms with Crippen molar-refractivity contribution in [3.63, 3.8) is 0 Å². The van der Waals surface area contributed by atoms with Crippen LogP contribution in [-0.2, 0) is 5.88 Å². The smallest absolute Gasteiger partial charge is 0.0997 e. The van der Waals surface area contributed by atoms with Gasteiger partial charge in [0.1, 0.15) is 0 Å². The van der Waals surface area contributed by atoms with Crippen LogP contribution in [0.1, 0.15) is 17.0 Å². The highest BCUT2D eigenvalue weighted by atomic mass is 35.5. The highest BCUT2D eigenvalue weighted by molar-refractivity contribution is 6.30. The number of rotatable bonds is 2. The van der Waals surface area contributed by atoms with E-state index in [1.165, 1.54) is 0 Å². The van der Waals surface area contributed by atoms with Crippen LogP contribution >= 0.6 is 23.2 Å². The maximum atomic E-state index is 6.01. The minimum Gasteiger partial charge on any atom is -0.303 e. The summed E-state index contributed by atoms with van der Waals surface area (Å²) >= 11 is 11.9. The Labute approximate surface area is 105 Å². The van der Waals surface area contributed by atoms with E-state index in [-0.39, 0.29) is 0 Å². The van der Waals surface area contributed by atoms with E-state index in [4.69, 9.17) is 23.2 Å². The Morgan fingerprint density at radius 3 is 2.62 bits per heavy atom. The molecule has 0 amide bonds. The molecule has 0 bridgehead atoms. The summed E-state index contributed by atoms with van der Waals surface area (Å²) in [5.41, 5.74) is 4.17. The molecule has 1 heterocycles. The van der Waals surface area contributed by atoms with Crippen molar-refractivity contribution < 1.29 is 0 Å². The standard InChI is InChI=1S/C12H12Cl2N2/c1-8-9(2)16(7-15-8)12-5-11(14)4-3-10(12)6-13/h3-5,7H,6H2,1-2H3. The third kappa shape index (κ3) is 1.95. The Balaban J connectivity index is 2.62. The normalized spacial score (nSPS) is 10.8. The molecule has 0 unspecified atom stereocenters. The summed E-state index contributed by atoms with van der Waals surface area (Å²) in [5, 5.41) is 0.703. The van der Waals surface area contributed by atoms with Gasteiger partial charge in [-0.1, -0.05) is 17.7 Å². The van der Waals surface area contributed by atoms with Crippen molar-refractivity contribution in [1.82, 2.24) is 9.55 Å². The van der Waals surface area contributed by atoms with Crippen LogP contribution in [0.25, 0.3) is 5.69 Å². The first-order valence-electron chi connectivity index (χ1n) is 4.99. The Morgan fingerprint density at radius 2 is 2.06 bits per heavy atom. The van der Waals surface area contributed by atoms with Gasteiger partial charge in [-0.3, -0.25) is 0 Å². The van der Waals surface area contributed by atoms with Gasteiger partial charge in [0.25, 0.3) is 0 Å². The molecule has 0 N–H and O–H groups in total. The zero-order valence-electron chi connectivity index (χ0n) is 9.17. The zero-order valence-corrected chi connectivity index (χ0v) is 10.7. The summed E-state index contributed by atoms with van der Waals surface area (Å²) in [6, 6.07) is 5.70. The first kappa shape index (κ1) is 11.5. The van der Waals surface area contributed by atoms with Gasteiger partial charge in [-0.2, -0.15) is 0 Å². The van der Waals surface area contributed by atoms with E-state index in [0.29, 0.717) is 10.9 Å². The van der Waals surface area contributed by atoms with Gasteiger partial charge in [-0.15, -0.1) is 11.6 Å². The Hall–Kier alpha value is -0.990. The summed E-state index contributed by atoms with van der Waals surface area (Å²) in [4.78, 5) is 4.27. The molecule has 2 nitrogen and oxygen atoms in total. The Morgan fingerprint density at radius 1 is 1.31 bits per heavy atom. The minimum atomic E-state index is 0.461. The minimum absolute atomic E-state index is 0.461. The van der Waals surface area contributed by atoms with Gasteiger partial charge in [-0.25, -0.2) is 4.98 Å². The molecule has 0 atom stereocenters. The van der Waals surface area contributed by atoms with Gasteiger partial charge in [0.15, 0.2) is 0 Å². The molecule has 2 rings (SSSR count). The third-order valence-electron chi connectivity index (χ3n) is 2.70. The molecule has 0 aliphatic carbocycles. The molecule has 0 saturated heterocycles. The third-order valence-corrected chi connectivity index (χ3v) is 3.23. The molecule has 0 aliphatic heterocycles. The second-order valence-corrected chi connectivity index (χ2v) is 4.40. The quantitative estimate of drug-likeness (QED) is 0.744. The van der Waals surface area contributed by atoms with Crippen LogP contribution in [0, 0.1) is 13.8 Å². The van der Waals surface area contributed by atoms with Gasteiger partial charge in [0, 0.05) is 16.6 Å². The number of alkyl halides is 1. The lowest BCUT2D eigenvalue weighted by Gasteiger charge is -2.10. The van der Waals surface area contributed by atoms with Crippen LogP contribution in [-0.4, -0.2) is 9.55 Å². The largest absolute Gasteiger partial charge is 0.303 e. The van der Waals surface area contributed by atoms with Crippen molar-refractivity contribution >= 4 is 23.2 Å². The molecule has 84 valence electrons. The predicted molar refractivity (Wildman–Crippen MR) is 67.6 cm³/mol. The number of nitrogens with zero attached hydrogens (tertiary/aromatic N) is 2. The first-order valence-corrected chi connectivity index (χ1v) is 5.90. The molecule has 0 fully saturated rings. The number of aryl methyl sites for hydroxylation is 1. The molecule has 0 spiro atoms. The van der Waals surface area contributed by atoms with E-state index >= 15 is 0 Å². The van der Waals surface area contributed by atoms with E-state index in [9.17, 15) is 0 Å². The molecule has 1 aromatic carbocycles. The molecule has 1 aromatic heterocycles. The number of hydrogen-bond donors (Lipinski definition) is 0. The van der Waals surface area contributed by atoms with Crippen LogP contribution in [0.15, 0.2) is 24.5 Å². The van der Waals surface area contributed by atoms with Gasteiger partial charge in [0.2, 0.25) is 0 Å². The van der Waals surface area contributed by atoms with Crippen molar-refractivity contribution in [2.45, 2.75) is 19.7 Å². The summed E-state index contributed by atoms with van der Waals surface area (Å²) in [7, 11) is 0. The van der Waals surface area contributed by atoms with Crippen LogP contribution in [0.5, 0.6) is 0 Å². The van der Waals surface area contributed by atoms with Gasteiger partial charge < -0.3 is 4.57 Å². The zero-order chi connectivity index (χ0) is 11.7. The molecule has 4 heteroatoms. The number of aromatic nitrogens is 2. The number of imidazole rings is 1. The van der Waals surface area contributed by atoms with Crippen LogP contribution in [0.2, 0.25) is 5.02 Å². The molecular weight excluding hydrogens is 243 g/mol. The molecule has 0 saturated carbocycles. The number of halogens is 2. The molecule has 0 radical (unpaired) electrons. The Bertz CT molecular complexity index is 518. The van der Waals surface area contributed by atoms with Crippen LogP contribution < -0.4 is 0 Å². The SMILES string of the molecule is Cc1ncn(-c2cc(Cl)ccc2CCl)c1C. The summed E-state index contributed by atoms with van der Waals surface area (Å²) in [6.07, 6.45) is 1.80. The Kier molecular flexibility index (Phi) is 3.22.